The molecule has 0 unspecified atom stereocenters. The number of carboxylic acid groups (broad SMARTS) is 1. The topological polar surface area (TPSA) is 92.2 Å². The van der Waals surface area contributed by atoms with Gasteiger partial charge in [-0.1, -0.05) is 32.2 Å². The summed E-state index contributed by atoms with van der Waals surface area (Å²) in [5.41, 5.74) is -0.257. The van der Waals surface area contributed by atoms with Gasteiger partial charge in [0.1, 0.15) is 4.88 Å². The molecule has 1 aromatic heterocycles. The highest BCUT2D eigenvalue weighted by Crippen LogP contribution is 2.26. The largest absolute Gasteiger partial charge is 0.481 e. The average molecular weight is 299 g/mol. The van der Waals surface area contributed by atoms with Crippen molar-refractivity contribution in [1.29, 1.82) is 0 Å². The van der Waals surface area contributed by atoms with Crippen molar-refractivity contribution < 1.29 is 14.7 Å². The zero-order chi connectivity index (χ0) is 15.3. The summed E-state index contributed by atoms with van der Waals surface area (Å²) in [6.45, 7) is 7.62. The molecular formula is C13H21N3O3S. The van der Waals surface area contributed by atoms with E-state index < -0.39 is 11.4 Å². The van der Waals surface area contributed by atoms with Crippen molar-refractivity contribution in [3.8, 4) is 0 Å². The van der Waals surface area contributed by atoms with Gasteiger partial charge in [-0.05, 0) is 30.3 Å². The van der Waals surface area contributed by atoms with Crippen LogP contribution in [0.2, 0.25) is 0 Å². The Morgan fingerprint density at radius 1 is 1.35 bits per heavy atom. The van der Waals surface area contributed by atoms with E-state index >= 15 is 0 Å². The van der Waals surface area contributed by atoms with Crippen LogP contribution >= 0.6 is 11.5 Å². The quantitative estimate of drug-likeness (QED) is 0.806. The van der Waals surface area contributed by atoms with Crippen LogP contribution in [0.15, 0.2) is 0 Å². The van der Waals surface area contributed by atoms with Crippen molar-refractivity contribution in [2.75, 3.05) is 6.54 Å². The van der Waals surface area contributed by atoms with Crippen molar-refractivity contribution in [3.63, 3.8) is 0 Å². The Morgan fingerprint density at radius 2 is 1.95 bits per heavy atom. The van der Waals surface area contributed by atoms with Crippen LogP contribution < -0.4 is 5.32 Å². The summed E-state index contributed by atoms with van der Waals surface area (Å²) in [5, 5.41) is 16.0. The van der Waals surface area contributed by atoms with Crippen molar-refractivity contribution in [2.45, 2.75) is 46.5 Å². The van der Waals surface area contributed by atoms with Crippen LogP contribution in [-0.4, -0.2) is 33.1 Å². The average Bonchev–Trinajstić information content (AvgIpc) is 2.89. The number of hydrogen-bond donors (Lipinski definition) is 2. The minimum atomic E-state index is -0.911. The zero-order valence-corrected chi connectivity index (χ0v) is 13.1. The third kappa shape index (κ3) is 3.33. The molecule has 1 rings (SSSR count). The molecule has 2 N–H and O–H groups in total. The SMILES string of the molecule is CCC(CC)(CNC(=O)c1snnc1C(C)C)C(=O)O. The van der Waals surface area contributed by atoms with Crippen LogP contribution in [0.1, 0.15) is 61.8 Å². The number of carbonyl (C=O) groups is 2. The van der Waals surface area contributed by atoms with Gasteiger partial charge >= 0.3 is 5.97 Å². The molecule has 1 heterocycles. The van der Waals surface area contributed by atoms with Gasteiger partial charge in [-0.25, -0.2) is 0 Å². The molecule has 1 aromatic rings. The molecule has 1 amide bonds. The van der Waals surface area contributed by atoms with E-state index in [1.54, 1.807) is 0 Å². The first-order valence-electron chi connectivity index (χ1n) is 6.71. The molecule has 112 valence electrons. The lowest BCUT2D eigenvalue weighted by atomic mass is 9.82. The number of aliphatic carboxylic acids is 1. The number of aromatic nitrogens is 2. The summed E-state index contributed by atoms with van der Waals surface area (Å²) >= 11 is 1.04. The van der Waals surface area contributed by atoms with Crippen molar-refractivity contribution in [2.24, 2.45) is 5.41 Å². The van der Waals surface area contributed by atoms with E-state index in [0.29, 0.717) is 23.4 Å². The molecule has 0 saturated heterocycles. The van der Waals surface area contributed by atoms with Gasteiger partial charge in [-0.2, -0.15) is 0 Å². The van der Waals surface area contributed by atoms with Crippen LogP contribution in [0.3, 0.4) is 0 Å². The van der Waals surface area contributed by atoms with Gasteiger partial charge in [0.15, 0.2) is 0 Å². The van der Waals surface area contributed by atoms with E-state index in [1.807, 2.05) is 27.7 Å². The van der Waals surface area contributed by atoms with Gasteiger partial charge in [0.2, 0.25) is 0 Å². The number of hydrogen-bond acceptors (Lipinski definition) is 5. The van der Waals surface area contributed by atoms with E-state index in [4.69, 9.17) is 0 Å². The van der Waals surface area contributed by atoms with E-state index in [1.165, 1.54) is 0 Å². The lowest BCUT2D eigenvalue weighted by Crippen LogP contribution is -2.42. The number of carboxylic acids is 1. The molecular weight excluding hydrogens is 278 g/mol. The second-order valence-electron chi connectivity index (χ2n) is 5.12. The maximum Gasteiger partial charge on any atom is 0.311 e. The highest BCUT2D eigenvalue weighted by atomic mass is 32.1. The summed E-state index contributed by atoms with van der Waals surface area (Å²) in [7, 11) is 0. The Kier molecular flexibility index (Phi) is 5.62. The first-order chi connectivity index (χ1) is 9.38. The maximum atomic E-state index is 12.2. The Balaban J connectivity index is 2.81. The first kappa shape index (κ1) is 16.6. The van der Waals surface area contributed by atoms with Crippen molar-refractivity contribution in [3.05, 3.63) is 10.6 Å². The molecule has 0 fully saturated rings. The zero-order valence-electron chi connectivity index (χ0n) is 12.3. The third-order valence-electron chi connectivity index (χ3n) is 3.66. The number of amides is 1. The minimum Gasteiger partial charge on any atom is -0.481 e. The summed E-state index contributed by atoms with van der Waals surface area (Å²) in [4.78, 5) is 24.0. The minimum absolute atomic E-state index is 0.107. The third-order valence-corrected chi connectivity index (χ3v) is 4.40. The summed E-state index contributed by atoms with van der Waals surface area (Å²) < 4.78 is 3.80. The molecule has 6 nitrogen and oxygen atoms in total. The van der Waals surface area contributed by atoms with Crippen LogP contribution in [0, 0.1) is 5.41 Å². The predicted octanol–water partition coefficient (Wildman–Crippen LogP) is 2.28. The van der Waals surface area contributed by atoms with E-state index in [0.717, 1.165) is 11.5 Å². The van der Waals surface area contributed by atoms with Crippen LogP contribution in [0.5, 0.6) is 0 Å². The molecule has 0 bridgehead atoms. The first-order valence-corrected chi connectivity index (χ1v) is 7.49. The highest BCUT2D eigenvalue weighted by molar-refractivity contribution is 7.08. The molecule has 0 atom stereocenters. The molecule has 7 heteroatoms. The van der Waals surface area contributed by atoms with Crippen LogP contribution in [-0.2, 0) is 4.79 Å². The van der Waals surface area contributed by atoms with Crippen molar-refractivity contribution >= 4 is 23.4 Å². The highest BCUT2D eigenvalue weighted by Gasteiger charge is 2.35. The molecule has 0 aliphatic heterocycles. The Labute approximate surface area is 122 Å². The van der Waals surface area contributed by atoms with E-state index in [9.17, 15) is 14.7 Å². The summed E-state index contributed by atoms with van der Waals surface area (Å²) in [6.07, 6.45) is 0.939. The Morgan fingerprint density at radius 3 is 2.40 bits per heavy atom. The number of rotatable bonds is 7. The lowest BCUT2D eigenvalue weighted by Gasteiger charge is -2.26. The van der Waals surface area contributed by atoms with E-state index in [-0.39, 0.29) is 18.4 Å². The smallest absolute Gasteiger partial charge is 0.311 e. The van der Waals surface area contributed by atoms with Gasteiger partial charge in [-0.15, -0.1) is 5.10 Å². The van der Waals surface area contributed by atoms with Gasteiger partial charge in [0, 0.05) is 6.54 Å². The van der Waals surface area contributed by atoms with Crippen LogP contribution in [0.4, 0.5) is 0 Å². The van der Waals surface area contributed by atoms with E-state index in [2.05, 4.69) is 14.9 Å². The number of carbonyl (C=O) groups excluding carboxylic acids is 1. The lowest BCUT2D eigenvalue weighted by molar-refractivity contribution is -0.149. The molecule has 20 heavy (non-hydrogen) atoms. The summed E-state index contributed by atoms with van der Waals surface area (Å²) in [5.74, 6) is -1.07. The van der Waals surface area contributed by atoms with Gasteiger partial charge in [0.25, 0.3) is 5.91 Å². The number of nitrogens with zero attached hydrogens (tertiary/aromatic N) is 2. The van der Waals surface area contributed by atoms with Gasteiger partial charge < -0.3 is 10.4 Å². The van der Waals surface area contributed by atoms with Gasteiger partial charge in [-0.3, -0.25) is 9.59 Å². The Bertz CT molecular complexity index is 481. The normalized spacial score (nSPS) is 11.7. The molecule has 0 spiro atoms. The fourth-order valence-electron chi connectivity index (χ4n) is 1.94. The van der Waals surface area contributed by atoms with Crippen molar-refractivity contribution in [1.82, 2.24) is 14.9 Å². The molecule has 0 aromatic carbocycles. The van der Waals surface area contributed by atoms with Gasteiger partial charge in [0.05, 0.1) is 11.1 Å². The second-order valence-corrected chi connectivity index (χ2v) is 5.87. The summed E-state index contributed by atoms with van der Waals surface area (Å²) in [6, 6.07) is 0. The standard InChI is InChI=1S/C13H21N3O3S/c1-5-13(6-2,12(18)19)7-14-11(17)10-9(8(3)4)15-16-20-10/h8H,5-7H2,1-4H3,(H,14,17)(H,18,19). The fourth-order valence-corrected chi connectivity index (χ4v) is 2.68. The predicted molar refractivity (Wildman–Crippen MR) is 77.0 cm³/mol. The molecule has 0 radical (unpaired) electrons. The Hall–Kier alpha value is -1.50. The molecule has 0 saturated carbocycles. The molecule has 0 aliphatic rings. The fraction of sp³-hybridized carbons (Fsp3) is 0.692. The second kappa shape index (κ2) is 6.78. The maximum absolute atomic E-state index is 12.2. The van der Waals surface area contributed by atoms with Crippen LogP contribution in [0.25, 0.3) is 0 Å². The molecule has 0 aliphatic carbocycles. The number of nitrogens with one attached hydrogen (secondary N) is 1. The monoisotopic (exact) mass is 299 g/mol.